The third-order valence-electron chi connectivity index (χ3n) is 5.08. The summed E-state index contributed by atoms with van der Waals surface area (Å²) in [6.45, 7) is 1.56. The molecule has 3 heterocycles. The van der Waals surface area contributed by atoms with Gasteiger partial charge in [0.25, 0.3) is 0 Å². The summed E-state index contributed by atoms with van der Waals surface area (Å²) < 4.78 is 13.0. The Morgan fingerprint density at radius 1 is 1.03 bits per heavy atom. The fourth-order valence-corrected chi connectivity index (χ4v) is 3.53. The minimum atomic E-state index is -0.135. The molecule has 0 saturated heterocycles. The molecule has 32 heavy (non-hydrogen) atoms. The first-order valence-corrected chi connectivity index (χ1v) is 10.6. The van der Waals surface area contributed by atoms with Crippen molar-refractivity contribution in [2.75, 3.05) is 26.9 Å². The average molecular weight is 434 g/mol. The predicted octanol–water partition coefficient (Wildman–Crippen LogP) is 2.89. The summed E-state index contributed by atoms with van der Waals surface area (Å²) >= 11 is 0. The number of hydrogen-bond donors (Lipinski definition) is 2. The lowest BCUT2D eigenvalue weighted by molar-refractivity contribution is 0.172. The summed E-state index contributed by atoms with van der Waals surface area (Å²) in [5.41, 5.74) is 9.83. The van der Waals surface area contributed by atoms with E-state index in [1.807, 2.05) is 42.5 Å². The minimum absolute atomic E-state index is 0.135. The molecule has 0 spiro atoms. The van der Waals surface area contributed by atoms with Crippen molar-refractivity contribution in [1.82, 2.24) is 19.7 Å². The molecule has 1 aromatic carbocycles. The maximum Gasteiger partial charge on any atom is 0.154 e. The highest BCUT2D eigenvalue weighted by Crippen LogP contribution is 2.33. The Hall–Kier alpha value is -3.33. The second-order valence-corrected chi connectivity index (χ2v) is 7.36. The molecule has 4 rings (SSSR count). The third-order valence-corrected chi connectivity index (χ3v) is 5.08. The van der Waals surface area contributed by atoms with Crippen LogP contribution in [-0.2, 0) is 17.8 Å². The van der Waals surface area contributed by atoms with Crippen molar-refractivity contribution >= 4 is 10.9 Å². The number of hydrogen-bond acceptors (Lipinski definition) is 7. The van der Waals surface area contributed by atoms with Gasteiger partial charge in [-0.05, 0) is 42.9 Å². The van der Waals surface area contributed by atoms with Gasteiger partial charge in [-0.25, -0.2) is 9.67 Å². The molecule has 0 aliphatic carbocycles. The SMILES string of the molecule is COCCCOc1cc(-c2cccc(CCN)n2)cc2c1cnn2-c1cccc(CO)n1. The first-order chi connectivity index (χ1) is 15.7. The van der Waals surface area contributed by atoms with Gasteiger partial charge in [0, 0.05) is 37.8 Å². The number of nitrogens with zero attached hydrogens (tertiary/aromatic N) is 4. The summed E-state index contributed by atoms with van der Waals surface area (Å²) in [7, 11) is 1.68. The maximum atomic E-state index is 9.48. The molecule has 0 amide bonds. The summed E-state index contributed by atoms with van der Waals surface area (Å²) in [5.74, 6) is 1.35. The number of aliphatic hydroxyl groups is 1. The lowest BCUT2D eigenvalue weighted by atomic mass is 10.1. The van der Waals surface area contributed by atoms with Crippen LogP contribution in [0.5, 0.6) is 5.75 Å². The summed E-state index contributed by atoms with van der Waals surface area (Å²) in [6, 6.07) is 15.5. The van der Waals surface area contributed by atoms with E-state index < -0.39 is 0 Å². The van der Waals surface area contributed by atoms with Crippen molar-refractivity contribution in [3.05, 3.63) is 66.1 Å². The Kier molecular flexibility index (Phi) is 7.06. The van der Waals surface area contributed by atoms with Gasteiger partial charge < -0.3 is 20.3 Å². The van der Waals surface area contributed by atoms with Gasteiger partial charge in [-0.2, -0.15) is 5.10 Å². The molecule has 0 aliphatic rings. The number of aliphatic hydroxyl groups excluding tert-OH is 1. The number of fused-ring (bicyclic) bond motifs is 1. The number of rotatable bonds is 10. The highest BCUT2D eigenvalue weighted by Gasteiger charge is 2.15. The molecule has 0 bridgehead atoms. The normalized spacial score (nSPS) is 11.2. The molecule has 0 saturated carbocycles. The van der Waals surface area contributed by atoms with Crippen LogP contribution in [0.3, 0.4) is 0 Å². The number of benzene rings is 1. The second-order valence-electron chi connectivity index (χ2n) is 7.36. The smallest absolute Gasteiger partial charge is 0.154 e. The van der Waals surface area contributed by atoms with E-state index in [9.17, 15) is 5.11 Å². The van der Waals surface area contributed by atoms with Gasteiger partial charge in [0.1, 0.15) is 5.75 Å². The Morgan fingerprint density at radius 2 is 1.88 bits per heavy atom. The van der Waals surface area contributed by atoms with Gasteiger partial charge in [0.15, 0.2) is 5.82 Å². The van der Waals surface area contributed by atoms with Gasteiger partial charge in [-0.3, -0.25) is 4.98 Å². The fraction of sp³-hybridized carbons (Fsp3) is 0.292. The van der Waals surface area contributed by atoms with Crippen LogP contribution in [0.1, 0.15) is 17.8 Å². The van der Waals surface area contributed by atoms with Crippen molar-refractivity contribution in [2.24, 2.45) is 5.73 Å². The lowest BCUT2D eigenvalue weighted by Gasteiger charge is -2.12. The lowest BCUT2D eigenvalue weighted by Crippen LogP contribution is -2.05. The molecule has 0 atom stereocenters. The van der Waals surface area contributed by atoms with Crippen LogP contribution < -0.4 is 10.5 Å². The van der Waals surface area contributed by atoms with Crippen molar-refractivity contribution in [1.29, 1.82) is 0 Å². The van der Waals surface area contributed by atoms with Crippen LogP contribution in [-0.4, -0.2) is 51.7 Å². The Balaban J connectivity index is 1.82. The maximum absolute atomic E-state index is 9.48. The first kappa shape index (κ1) is 21.9. The topological polar surface area (TPSA) is 108 Å². The van der Waals surface area contributed by atoms with Crippen LogP contribution in [0.4, 0.5) is 0 Å². The van der Waals surface area contributed by atoms with E-state index in [2.05, 4.69) is 10.1 Å². The van der Waals surface area contributed by atoms with Crippen LogP contribution in [0.15, 0.2) is 54.7 Å². The number of ether oxygens (including phenoxy) is 2. The number of pyridine rings is 2. The molecule has 166 valence electrons. The van der Waals surface area contributed by atoms with Gasteiger partial charge in [-0.1, -0.05) is 12.1 Å². The quantitative estimate of drug-likeness (QED) is 0.370. The Bertz CT molecular complexity index is 1190. The largest absolute Gasteiger partial charge is 0.493 e. The molecule has 0 radical (unpaired) electrons. The highest BCUT2D eigenvalue weighted by atomic mass is 16.5. The van der Waals surface area contributed by atoms with E-state index in [-0.39, 0.29) is 6.61 Å². The Labute approximate surface area is 186 Å². The molecular formula is C24H27N5O3. The van der Waals surface area contributed by atoms with E-state index in [0.717, 1.165) is 40.0 Å². The van der Waals surface area contributed by atoms with E-state index in [4.69, 9.17) is 20.2 Å². The van der Waals surface area contributed by atoms with Crippen LogP contribution in [0.2, 0.25) is 0 Å². The molecular weight excluding hydrogens is 406 g/mol. The Morgan fingerprint density at radius 3 is 2.69 bits per heavy atom. The standard InChI is InChI=1S/C24H27N5O3/c1-31-11-4-12-32-23-14-17(21-7-2-5-18(27-21)9-10-25)13-22-20(23)15-26-29(22)24-8-3-6-19(16-30)28-24/h2-3,5-8,13-15,30H,4,9-12,16,25H2,1H3. The van der Waals surface area contributed by atoms with Crippen molar-refractivity contribution < 1.29 is 14.6 Å². The van der Waals surface area contributed by atoms with E-state index in [1.165, 1.54) is 0 Å². The third kappa shape index (κ3) is 4.77. The van der Waals surface area contributed by atoms with Gasteiger partial charge in [-0.15, -0.1) is 0 Å². The second kappa shape index (κ2) is 10.3. The molecule has 8 nitrogen and oxygen atoms in total. The molecule has 8 heteroatoms. The van der Waals surface area contributed by atoms with Gasteiger partial charge in [0.2, 0.25) is 0 Å². The summed E-state index contributed by atoms with van der Waals surface area (Å²) in [6.07, 6.45) is 3.27. The van der Waals surface area contributed by atoms with Crippen molar-refractivity contribution in [2.45, 2.75) is 19.4 Å². The molecule has 0 unspecified atom stereocenters. The minimum Gasteiger partial charge on any atom is -0.493 e. The molecule has 0 fully saturated rings. The molecule has 4 aromatic rings. The molecule has 0 aliphatic heterocycles. The van der Waals surface area contributed by atoms with E-state index >= 15 is 0 Å². The monoisotopic (exact) mass is 433 g/mol. The van der Waals surface area contributed by atoms with Crippen LogP contribution in [0.25, 0.3) is 28.0 Å². The predicted molar refractivity (Wildman–Crippen MR) is 123 cm³/mol. The van der Waals surface area contributed by atoms with Gasteiger partial charge >= 0.3 is 0 Å². The van der Waals surface area contributed by atoms with Crippen molar-refractivity contribution in [3.8, 4) is 22.8 Å². The zero-order valence-corrected chi connectivity index (χ0v) is 18.1. The zero-order valence-electron chi connectivity index (χ0n) is 18.1. The number of nitrogens with two attached hydrogens (primary N) is 1. The number of methoxy groups -OCH3 is 1. The average Bonchev–Trinajstić information content (AvgIpc) is 3.26. The van der Waals surface area contributed by atoms with Crippen LogP contribution >= 0.6 is 0 Å². The van der Waals surface area contributed by atoms with E-state index in [1.54, 1.807) is 24.1 Å². The summed E-state index contributed by atoms with van der Waals surface area (Å²) in [5, 5.41) is 14.9. The fourth-order valence-electron chi connectivity index (χ4n) is 3.53. The summed E-state index contributed by atoms with van der Waals surface area (Å²) in [4.78, 5) is 9.28. The van der Waals surface area contributed by atoms with E-state index in [0.29, 0.717) is 37.7 Å². The van der Waals surface area contributed by atoms with Crippen LogP contribution in [0, 0.1) is 0 Å². The molecule has 3 aromatic heterocycles. The van der Waals surface area contributed by atoms with Gasteiger partial charge in [0.05, 0.1) is 41.7 Å². The first-order valence-electron chi connectivity index (χ1n) is 10.6. The zero-order chi connectivity index (χ0) is 22.3. The number of aromatic nitrogens is 4. The highest BCUT2D eigenvalue weighted by molar-refractivity contribution is 5.90. The molecule has 3 N–H and O–H groups in total. The van der Waals surface area contributed by atoms with Crippen molar-refractivity contribution in [3.63, 3.8) is 0 Å².